The van der Waals surface area contributed by atoms with Gasteiger partial charge in [0.15, 0.2) is 0 Å². The van der Waals surface area contributed by atoms with E-state index in [1.807, 2.05) is 0 Å². The number of benzene rings is 1. The van der Waals surface area contributed by atoms with Crippen LogP contribution in [0.3, 0.4) is 0 Å². The number of alkyl halides is 6. The van der Waals surface area contributed by atoms with Crippen molar-refractivity contribution in [2.24, 2.45) is 0 Å². The lowest BCUT2D eigenvalue weighted by Gasteiger charge is -2.24. The summed E-state index contributed by atoms with van der Waals surface area (Å²) in [6.45, 7) is 1.27. The van der Waals surface area contributed by atoms with Crippen molar-refractivity contribution in [1.29, 1.82) is 0 Å². The van der Waals surface area contributed by atoms with Crippen LogP contribution in [0.2, 0.25) is 0 Å². The largest absolute Gasteiger partial charge is 0.416 e. The number of carbonyl (C=O) groups is 1. The number of halogens is 7. The van der Waals surface area contributed by atoms with Crippen LogP contribution in [0.25, 0.3) is 0 Å². The van der Waals surface area contributed by atoms with Gasteiger partial charge in [0.2, 0.25) is 0 Å². The molecule has 0 saturated heterocycles. The first-order valence-electron chi connectivity index (χ1n) is 5.55. The number of hydrogen-bond acceptors (Lipinski definition) is 1. The Labute approximate surface area is 121 Å². The van der Waals surface area contributed by atoms with Crippen LogP contribution in [-0.4, -0.2) is 17.3 Å². The summed E-state index contributed by atoms with van der Waals surface area (Å²) in [6, 6.07) is 0.115. The van der Waals surface area contributed by atoms with Gasteiger partial charge in [-0.1, -0.05) is 0 Å². The summed E-state index contributed by atoms with van der Waals surface area (Å²) < 4.78 is 76.1. The number of rotatable bonds is 2. The number of carbonyl (C=O) groups excluding carboxylic acids is 1. The normalized spacial score (nSPS) is 14.0. The van der Waals surface area contributed by atoms with Gasteiger partial charge in [0.25, 0.3) is 0 Å². The highest BCUT2D eigenvalue weighted by atomic mass is 35.5. The van der Waals surface area contributed by atoms with Crippen LogP contribution in [-0.2, 0) is 12.4 Å². The van der Waals surface area contributed by atoms with Gasteiger partial charge in [0.05, 0.1) is 17.2 Å². The first-order chi connectivity index (χ1) is 9.34. The van der Waals surface area contributed by atoms with Crippen molar-refractivity contribution in [2.45, 2.75) is 25.3 Å². The van der Waals surface area contributed by atoms with Gasteiger partial charge in [0.1, 0.15) is 0 Å². The molecule has 0 radical (unpaired) electrons. The van der Waals surface area contributed by atoms with Crippen LogP contribution in [0, 0.1) is 0 Å². The zero-order valence-corrected chi connectivity index (χ0v) is 11.6. The molecule has 118 valence electrons. The molecule has 0 aromatic heterocycles. The van der Waals surface area contributed by atoms with Crippen LogP contribution in [0.5, 0.6) is 0 Å². The predicted molar refractivity (Wildman–Crippen MR) is 63.9 cm³/mol. The van der Waals surface area contributed by atoms with Crippen LogP contribution in [0.4, 0.5) is 31.1 Å². The second-order valence-corrected chi connectivity index (χ2v) is 4.70. The molecule has 21 heavy (non-hydrogen) atoms. The molecule has 2 nitrogen and oxygen atoms in total. The minimum Gasteiger partial charge on any atom is -0.326 e. The first kappa shape index (κ1) is 17.6. The van der Waals surface area contributed by atoms with Crippen molar-refractivity contribution < 1.29 is 31.1 Å². The van der Waals surface area contributed by atoms with Gasteiger partial charge >= 0.3 is 17.7 Å². The van der Waals surface area contributed by atoms with Crippen molar-refractivity contribution in [2.75, 3.05) is 7.05 Å². The molecular weight excluding hydrogens is 324 g/mol. The monoisotopic (exact) mass is 333 g/mol. The number of nitrogens with zero attached hydrogens (tertiary/aromatic N) is 1. The second kappa shape index (κ2) is 5.75. The highest BCUT2D eigenvalue weighted by molar-refractivity contribution is 6.62. The van der Waals surface area contributed by atoms with E-state index in [-0.39, 0.29) is 11.6 Å². The van der Waals surface area contributed by atoms with Crippen molar-refractivity contribution in [1.82, 2.24) is 4.90 Å². The summed E-state index contributed by atoms with van der Waals surface area (Å²) >= 11 is 5.17. The van der Waals surface area contributed by atoms with Gasteiger partial charge in [-0.25, -0.2) is 0 Å². The molecule has 1 atom stereocenters. The Morgan fingerprint density at radius 3 is 1.71 bits per heavy atom. The number of amides is 1. The van der Waals surface area contributed by atoms with E-state index in [2.05, 4.69) is 0 Å². The average Bonchev–Trinajstić information content (AvgIpc) is 2.34. The molecule has 1 amide bonds. The Morgan fingerprint density at radius 2 is 1.43 bits per heavy atom. The Morgan fingerprint density at radius 1 is 1.05 bits per heavy atom. The minimum atomic E-state index is -4.93. The third-order valence-corrected chi connectivity index (χ3v) is 3.22. The van der Waals surface area contributed by atoms with Crippen molar-refractivity contribution in [3.05, 3.63) is 34.9 Å². The van der Waals surface area contributed by atoms with Gasteiger partial charge in [0, 0.05) is 7.05 Å². The maximum absolute atomic E-state index is 12.7. The maximum Gasteiger partial charge on any atom is 0.416 e. The van der Waals surface area contributed by atoms with E-state index in [1.54, 1.807) is 0 Å². The summed E-state index contributed by atoms with van der Waals surface area (Å²) in [5.74, 6) is 0. The maximum atomic E-state index is 12.7. The Bertz CT molecular complexity index is 507. The Kier molecular flexibility index (Phi) is 4.82. The lowest BCUT2D eigenvalue weighted by molar-refractivity contribution is -0.143. The van der Waals surface area contributed by atoms with E-state index >= 15 is 0 Å². The highest BCUT2D eigenvalue weighted by Crippen LogP contribution is 2.38. The summed E-state index contributed by atoms with van der Waals surface area (Å²) in [5, 5.41) is -0.992. The molecule has 0 heterocycles. The van der Waals surface area contributed by atoms with Gasteiger partial charge in [-0.3, -0.25) is 4.79 Å². The molecule has 0 aliphatic rings. The van der Waals surface area contributed by atoms with Gasteiger partial charge in [-0.15, -0.1) is 0 Å². The molecule has 1 rings (SSSR count). The molecule has 0 aliphatic heterocycles. The lowest BCUT2D eigenvalue weighted by atomic mass is 10.00. The van der Waals surface area contributed by atoms with Crippen LogP contribution in [0.15, 0.2) is 18.2 Å². The van der Waals surface area contributed by atoms with E-state index < -0.39 is 34.9 Å². The standard InChI is InChI=1S/C12H10ClF6NO/c1-6(20(2)10(13)21)7-3-8(11(14,15)16)5-9(4-7)12(17,18)19/h3-6H,1-2H3/t6-/m1/s1. The van der Waals surface area contributed by atoms with E-state index in [4.69, 9.17) is 11.6 Å². The SMILES string of the molecule is C[C@H](c1cc(C(F)(F)F)cc(C(F)(F)F)c1)N(C)C(=O)Cl. The van der Waals surface area contributed by atoms with E-state index in [9.17, 15) is 31.1 Å². The molecule has 9 heteroatoms. The van der Waals surface area contributed by atoms with Crippen LogP contribution in [0.1, 0.15) is 29.7 Å². The molecule has 0 N–H and O–H groups in total. The van der Waals surface area contributed by atoms with Gasteiger partial charge < -0.3 is 4.90 Å². The second-order valence-electron chi connectivity index (χ2n) is 4.38. The molecule has 0 spiro atoms. The van der Waals surface area contributed by atoms with E-state index in [0.29, 0.717) is 12.1 Å². The van der Waals surface area contributed by atoms with Gasteiger partial charge in [-0.2, -0.15) is 26.3 Å². The van der Waals surface area contributed by atoms with Crippen LogP contribution >= 0.6 is 11.6 Å². The minimum absolute atomic E-state index is 0.0265. The zero-order chi connectivity index (χ0) is 16.6. The third kappa shape index (κ3) is 4.26. The predicted octanol–water partition coefficient (Wildman–Crippen LogP) is 5.08. The number of hydrogen-bond donors (Lipinski definition) is 0. The topological polar surface area (TPSA) is 20.3 Å². The first-order valence-corrected chi connectivity index (χ1v) is 5.93. The fraction of sp³-hybridized carbons (Fsp3) is 0.417. The average molecular weight is 334 g/mol. The Balaban J connectivity index is 3.42. The molecular formula is C12H10ClF6NO. The van der Waals surface area contributed by atoms with Crippen LogP contribution < -0.4 is 0 Å². The summed E-state index contributed by atoms with van der Waals surface area (Å²) in [6.07, 6.45) is -9.86. The third-order valence-electron chi connectivity index (χ3n) is 2.95. The molecule has 0 unspecified atom stereocenters. The zero-order valence-electron chi connectivity index (χ0n) is 10.8. The quantitative estimate of drug-likeness (QED) is 0.420. The van der Waals surface area contributed by atoms with E-state index in [0.717, 1.165) is 4.90 Å². The molecule has 0 fully saturated rings. The fourth-order valence-corrected chi connectivity index (χ4v) is 1.74. The van der Waals surface area contributed by atoms with Gasteiger partial charge in [-0.05, 0) is 42.3 Å². The molecule has 0 bridgehead atoms. The van der Waals surface area contributed by atoms with E-state index in [1.165, 1.54) is 14.0 Å². The van der Waals surface area contributed by atoms with Crippen molar-refractivity contribution in [3.63, 3.8) is 0 Å². The molecule has 0 saturated carbocycles. The van der Waals surface area contributed by atoms with Crippen molar-refractivity contribution >= 4 is 17.0 Å². The summed E-state index contributed by atoms with van der Waals surface area (Å²) in [5.41, 5.74) is -3.18. The Hall–Kier alpha value is -1.44. The molecule has 1 aromatic carbocycles. The lowest BCUT2D eigenvalue weighted by Crippen LogP contribution is -2.25. The molecule has 0 aliphatic carbocycles. The summed E-state index contributed by atoms with van der Waals surface area (Å²) in [7, 11) is 1.17. The highest BCUT2D eigenvalue weighted by Gasteiger charge is 2.37. The molecule has 1 aromatic rings. The van der Waals surface area contributed by atoms with Crippen molar-refractivity contribution in [3.8, 4) is 0 Å². The fourth-order valence-electron chi connectivity index (χ4n) is 1.60. The summed E-state index contributed by atoms with van der Waals surface area (Å²) in [4.78, 5) is 11.8. The smallest absolute Gasteiger partial charge is 0.326 e.